The van der Waals surface area contributed by atoms with E-state index >= 15 is 0 Å². The Morgan fingerprint density at radius 1 is 0.571 bits per heavy atom. The maximum absolute atomic E-state index is 12.6. The summed E-state index contributed by atoms with van der Waals surface area (Å²) in [4.78, 5) is 12.6. The molecule has 0 fully saturated rings. The molecule has 0 radical (unpaired) electrons. The van der Waals surface area contributed by atoms with Gasteiger partial charge in [0.2, 0.25) is 0 Å². The number of carbonyl (C=O) groups excluding carboxylic acids is 1. The van der Waals surface area contributed by atoms with Crippen molar-refractivity contribution in [3.8, 4) is 28.4 Å². The van der Waals surface area contributed by atoms with E-state index in [-0.39, 0.29) is 0 Å². The van der Waals surface area contributed by atoms with Crippen molar-refractivity contribution < 1.29 is 14.3 Å². The van der Waals surface area contributed by atoms with Gasteiger partial charge in [0.25, 0.3) is 0 Å². The number of carbonyl (C=O) groups is 1. The first kappa shape index (κ1) is 17.6. The summed E-state index contributed by atoms with van der Waals surface area (Å²) in [6, 6.07) is 33.7. The number of para-hydroxylation sites is 1. The Bertz CT molecular complexity index is 1060. The Kier molecular flexibility index (Phi) is 5.16. The van der Waals surface area contributed by atoms with Gasteiger partial charge in [-0.25, -0.2) is 4.79 Å². The number of hydrogen-bond donors (Lipinski definition) is 0. The molecule has 0 atom stereocenters. The summed E-state index contributed by atoms with van der Waals surface area (Å²) in [5, 5.41) is 0. The second-order valence-electron chi connectivity index (χ2n) is 6.17. The Hall–Kier alpha value is -3.85. The average Bonchev–Trinajstić information content (AvgIpc) is 2.76. The second-order valence-corrected chi connectivity index (χ2v) is 6.17. The van der Waals surface area contributed by atoms with Gasteiger partial charge in [0.15, 0.2) is 0 Å². The summed E-state index contributed by atoms with van der Waals surface area (Å²) in [7, 11) is 0. The zero-order valence-electron chi connectivity index (χ0n) is 15.1. The van der Waals surface area contributed by atoms with Crippen LogP contribution in [0.2, 0.25) is 0 Å². The summed E-state index contributed by atoms with van der Waals surface area (Å²) in [6.45, 7) is 0. The third kappa shape index (κ3) is 3.94. The van der Waals surface area contributed by atoms with Crippen LogP contribution in [0.15, 0.2) is 109 Å². The largest absolute Gasteiger partial charge is 0.457 e. The highest BCUT2D eigenvalue weighted by atomic mass is 16.5. The van der Waals surface area contributed by atoms with Crippen LogP contribution >= 0.6 is 0 Å². The van der Waals surface area contributed by atoms with Crippen LogP contribution in [0.4, 0.5) is 0 Å². The summed E-state index contributed by atoms with van der Waals surface area (Å²) in [5.41, 5.74) is 2.14. The molecule has 4 aromatic carbocycles. The van der Waals surface area contributed by atoms with E-state index in [4.69, 9.17) is 9.47 Å². The monoisotopic (exact) mass is 366 g/mol. The fourth-order valence-corrected chi connectivity index (χ4v) is 2.92. The predicted molar refractivity (Wildman–Crippen MR) is 110 cm³/mol. The van der Waals surface area contributed by atoms with E-state index < -0.39 is 5.97 Å². The van der Waals surface area contributed by atoms with Crippen LogP contribution in [0.3, 0.4) is 0 Å². The first-order valence-electron chi connectivity index (χ1n) is 9.00. The van der Waals surface area contributed by atoms with Crippen LogP contribution in [0.5, 0.6) is 17.2 Å². The minimum Gasteiger partial charge on any atom is -0.457 e. The van der Waals surface area contributed by atoms with E-state index in [9.17, 15) is 4.79 Å². The van der Waals surface area contributed by atoms with Crippen molar-refractivity contribution >= 4 is 5.97 Å². The lowest BCUT2D eigenvalue weighted by atomic mass is 10.0. The molecule has 0 aliphatic carbocycles. The van der Waals surface area contributed by atoms with Crippen LogP contribution in [0.25, 0.3) is 11.1 Å². The van der Waals surface area contributed by atoms with Gasteiger partial charge < -0.3 is 9.47 Å². The molecule has 0 aliphatic rings. The third-order valence-corrected chi connectivity index (χ3v) is 4.23. The molecule has 0 N–H and O–H groups in total. The Labute approximate surface area is 163 Å². The van der Waals surface area contributed by atoms with Gasteiger partial charge in [-0.2, -0.15) is 0 Å². The molecule has 28 heavy (non-hydrogen) atoms. The summed E-state index contributed by atoms with van der Waals surface area (Å²) in [5.74, 6) is 1.38. The van der Waals surface area contributed by atoms with Gasteiger partial charge in [-0.15, -0.1) is 0 Å². The van der Waals surface area contributed by atoms with Gasteiger partial charge in [0, 0.05) is 0 Å². The molecule has 0 aromatic heterocycles. The van der Waals surface area contributed by atoms with Crippen molar-refractivity contribution in [1.82, 2.24) is 0 Å². The summed E-state index contributed by atoms with van der Waals surface area (Å²) in [6.07, 6.45) is 0. The normalized spacial score (nSPS) is 10.3. The van der Waals surface area contributed by atoms with Crippen molar-refractivity contribution in [3.63, 3.8) is 0 Å². The van der Waals surface area contributed by atoms with Crippen LogP contribution in [0, 0.1) is 0 Å². The van der Waals surface area contributed by atoms with Gasteiger partial charge in [-0.05, 0) is 42.0 Å². The van der Waals surface area contributed by atoms with E-state index in [0.717, 1.165) is 11.1 Å². The fraction of sp³-hybridized carbons (Fsp3) is 0. The fourth-order valence-electron chi connectivity index (χ4n) is 2.92. The van der Waals surface area contributed by atoms with Gasteiger partial charge in [0.1, 0.15) is 17.2 Å². The molecular weight excluding hydrogens is 348 g/mol. The van der Waals surface area contributed by atoms with Crippen molar-refractivity contribution in [3.05, 3.63) is 115 Å². The topological polar surface area (TPSA) is 35.5 Å². The number of ether oxygens (including phenoxy) is 2. The maximum Gasteiger partial charge on any atom is 0.343 e. The zero-order chi connectivity index (χ0) is 19.2. The summed E-state index contributed by atoms with van der Waals surface area (Å²) < 4.78 is 11.8. The van der Waals surface area contributed by atoms with E-state index in [1.54, 1.807) is 18.2 Å². The number of esters is 1. The first-order valence-corrected chi connectivity index (χ1v) is 9.00. The molecule has 136 valence electrons. The van der Waals surface area contributed by atoms with E-state index in [1.807, 2.05) is 91.0 Å². The molecule has 0 spiro atoms. The highest BCUT2D eigenvalue weighted by Crippen LogP contribution is 2.40. The minimum atomic E-state index is -0.408. The third-order valence-electron chi connectivity index (χ3n) is 4.23. The van der Waals surface area contributed by atoms with E-state index in [1.165, 1.54) is 0 Å². The molecule has 0 saturated heterocycles. The average molecular weight is 366 g/mol. The molecule has 0 heterocycles. The van der Waals surface area contributed by atoms with Gasteiger partial charge in [-0.3, -0.25) is 0 Å². The number of benzene rings is 4. The molecule has 0 saturated carbocycles. The molecule has 3 nitrogen and oxygen atoms in total. The van der Waals surface area contributed by atoms with Gasteiger partial charge >= 0.3 is 5.97 Å². The molecule has 0 bridgehead atoms. The van der Waals surface area contributed by atoms with Crippen molar-refractivity contribution in [2.24, 2.45) is 0 Å². The van der Waals surface area contributed by atoms with Gasteiger partial charge in [0.05, 0.1) is 11.1 Å². The standard InChI is InChI=1S/C25H18O3/c26-25(20-13-6-2-7-14-20)28-23-18-10-17-22(27-21-15-8-3-9-16-21)24(23)19-11-4-1-5-12-19/h1-18H. The van der Waals surface area contributed by atoms with Crippen LogP contribution in [-0.4, -0.2) is 5.97 Å². The smallest absolute Gasteiger partial charge is 0.343 e. The Morgan fingerprint density at radius 2 is 1.14 bits per heavy atom. The molecule has 0 unspecified atom stereocenters. The van der Waals surface area contributed by atoms with Crippen LogP contribution in [0.1, 0.15) is 10.4 Å². The number of rotatable bonds is 5. The lowest BCUT2D eigenvalue weighted by Crippen LogP contribution is -2.09. The van der Waals surface area contributed by atoms with Crippen molar-refractivity contribution in [1.29, 1.82) is 0 Å². The SMILES string of the molecule is O=C(Oc1cccc(Oc2ccccc2)c1-c1ccccc1)c1ccccc1. The molecule has 4 rings (SSSR count). The van der Waals surface area contributed by atoms with Crippen molar-refractivity contribution in [2.45, 2.75) is 0 Å². The quantitative estimate of drug-likeness (QED) is 0.304. The second kappa shape index (κ2) is 8.23. The first-order chi connectivity index (χ1) is 13.8. The minimum absolute atomic E-state index is 0.408. The predicted octanol–water partition coefficient (Wildman–Crippen LogP) is 6.37. The zero-order valence-corrected chi connectivity index (χ0v) is 15.1. The highest BCUT2D eigenvalue weighted by molar-refractivity contribution is 5.92. The van der Waals surface area contributed by atoms with Crippen molar-refractivity contribution in [2.75, 3.05) is 0 Å². The molecule has 0 aliphatic heterocycles. The highest BCUT2D eigenvalue weighted by Gasteiger charge is 2.17. The number of hydrogen-bond acceptors (Lipinski definition) is 3. The van der Waals surface area contributed by atoms with Crippen LogP contribution < -0.4 is 9.47 Å². The summed E-state index contributed by atoms with van der Waals surface area (Å²) >= 11 is 0. The van der Waals surface area contributed by atoms with E-state index in [0.29, 0.717) is 22.8 Å². The van der Waals surface area contributed by atoms with Gasteiger partial charge in [-0.1, -0.05) is 72.8 Å². The lowest BCUT2D eigenvalue weighted by molar-refractivity contribution is 0.0735. The molecular formula is C25H18O3. The van der Waals surface area contributed by atoms with E-state index in [2.05, 4.69) is 0 Å². The maximum atomic E-state index is 12.6. The molecule has 4 aromatic rings. The Morgan fingerprint density at radius 3 is 1.82 bits per heavy atom. The molecule has 3 heteroatoms. The molecule has 0 amide bonds. The van der Waals surface area contributed by atoms with Crippen LogP contribution in [-0.2, 0) is 0 Å². The lowest BCUT2D eigenvalue weighted by Gasteiger charge is -2.16. The Balaban J connectivity index is 1.75.